The van der Waals surface area contributed by atoms with Crippen LogP contribution in [0.5, 0.6) is 0 Å². The minimum atomic E-state index is -0.859. The highest BCUT2D eigenvalue weighted by atomic mass is 19.1. The Bertz CT molecular complexity index is 525. The Morgan fingerprint density at radius 2 is 2.28 bits per heavy atom. The summed E-state index contributed by atoms with van der Waals surface area (Å²) in [6, 6.07) is 4.53. The van der Waals surface area contributed by atoms with Crippen molar-refractivity contribution >= 4 is 11.6 Å². The summed E-state index contributed by atoms with van der Waals surface area (Å²) in [5, 5.41) is 21.4. The van der Waals surface area contributed by atoms with Gasteiger partial charge in [-0.05, 0) is 13.0 Å². The molecule has 0 radical (unpaired) electrons. The lowest BCUT2D eigenvalue weighted by Gasteiger charge is -2.06. The fraction of sp³-hybridized carbons (Fsp3) is 0.273. The van der Waals surface area contributed by atoms with Gasteiger partial charge in [0, 0.05) is 18.2 Å². The van der Waals surface area contributed by atoms with E-state index in [2.05, 4.69) is 5.32 Å². The topological polar surface area (TPSA) is 96.0 Å². The lowest BCUT2D eigenvalue weighted by atomic mass is 10.1. The molecule has 1 aromatic carbocycles. The number of nitrogens with zero attached hydrogens (tertiary/aromatic N) is 2. The molecule has 0 spiro atoms. The summed E-state index contributed by atoms with van der Waals surface area (Å²) in [5.74, 6) is -1.90. The molecule has 18 heavy (non-hydrogen) atoms. The van der Waals surface area contributed by atoms with Crippen molar-refractivity contribution in [2.24, 2.45) is 5.92 Å². The summed E-state index contributed by atoms with van der Waals surface area (Å²) in [6.07, 6.45) is 0. The van der Waals surface area contributed by atoms with Gasteiger partial charge < -0.3 is 5.32 Å². The van der Waals surface area contributed by atoms with Gasteiger partial charge in [-0.1, -0.05) is 0 Å². The number of hydrogen-bond donors (Lipinski definition) is 1. The van der Waals surface area contributed by atoms with Crippen LogP contribution in [-0.4, -0.2) is 17.4 Å². The average Bonchev–Trinajstić information content (AvgIpc) is 2.34. The normalized spacial score (nSPS) is 11.4. The Morgan fingerprint density at radius 1 is 1.61 bits per heavy atom. The van der Waals surface area contributed by atoms with Crippen molar-refractivity contribution in [2.45, 2.75) is 6.92 Å². The Balaban J connectivity index is 2.86. The molecule has 1 unspecified atom stereocenters. The number of nitro groups is 1. The Labute approximate surface area is 102 Å². The summed E-state index contributed by atoms with van der Waals surface area (Å²) in [7, 11) is 0. The quantitative estimate of drug-likeness (QED) is 0.649. The predicted octanol–water partition coefficient (Wildman–Crippen LogP) is 1.62. The number of carbonyl (C=O) groups excluding carboxylic acids is 1. The van der Waals surface area contributed by atoms with E-state index in [1.807, 2.05) is 6.07 Å². The zero-order chi connectivity index (χ0) is 13.7. The third-order valence-electron chi connectivity index (χ3n) is 2.14. The molecule has 1 atom stereocenters. The van der Waals surface area contributed by atoms with E-state index in [9.17, 15) is 19.3 Å². The van der Waals surface area contributed by atoms with Crippen LogP contribution in [0.15, 0.2) is 18.2 Å². The smallest absolute Gasteiger partial charge is 0.273 e. The number of halogens is 1. The summed E-state index contributed by atoms with van der Waals surface area (Å²) in [4.78, 5) is 21.3. The number of non-ortho nitro benzene ring substituents is 1. The summed E-state index contributed by atoms with van der Waals surface area (Å²) < 4.78 is 13.1. The van der Waals surface area contributed by atoms with Crippen LogP contribution in [0, 0.1) is 33.2 Å². The van der Waals surface area contributed by atoms with Crippen molar-refractivity contribution in [3.8, 4) is 6.07 Å². The van der Waals surface area contributed by atoms with Gasteiger partial charge in [0.2, 0.25) is 0 Å². The number of nitro benzene ring substituents is 1. The van der Waals surface area contributed by atoms with E-state index in [0.29, 0.717) is 0 Å². The predicted molar refractivity (Wildman–Crippen MR) is 60.2 cm³/mol. The van der Waals surface area contributed by atoms with Crippen LogP contribution in [-0.2, 0) is 0 Å². The maximum Gasteiger partial charge on any atom is 0.273 e. The Kier molecular flexibility index (Phi) is 4.32. The minimum Gasteiger partial charge on any atom is -0.351 e. The highest BCUT2D eigenvalue weighted by Crippen LogP contribution is 2.16. The van der Waals surface area contributed by atoms with Crippen LogP contribution in [0.4, 0.5) is 10.1 Å². The van der Waals surface area contributed by atoms with E-state index in [-0.39, 0.29) is 12.1 Å². The van der Waals surface area contributed by atoms with Crippen LogP contribution in [0.25, 0.3) is 0 Å². The highest BCUT2D eigenvalue weighted by Gasteiger charge is 2.14. The second kappa shape index (κ2) is 5.72. The standard InChI is InChI=1S/C11H10FN3O3/c1-7(5-13)6-14-11(16)8-2-9(12)4-10(3-8)15(17)18/h2-4,7H,6H2,1H3,(H,14,16). The first kappa shape index (κ1) is 13.6. The van der Waals surface area contributed by atoms with Crippen LogP contribution in [0.1, 0.15) is 17.3 Å². The lowest BCUT2D eigenvalue weighted by molar-refractivity contribution is -0.385. The van der Waals surface area contributed by atoms with Crippen LogP contribution < -0.4 is 5.32 Å². The molecule has 0 aliphatic rings. The molecule has 0 aromatic heterocycles. The van der Waals surface area contributed by atoms with Crippen LogP contribution in [0.2, 0.25) is 0 Å². The lowest BCUT2D eigenvalue weighted by Crippen LogP contribution is -2.27. The van der Waals surface area contributed by atoms with E-state index in [1.54, 1.807) is 6.92 Å². The van der Waals surface area contributed by atoms with Crippen molar-refractivity contribution in [1.82, 2.24) is 5.32 Å². The van der Waals surface area contributed by atoms with Crippen molar-refractivity contribution in [3.05, 3.63) is 39.7 Å². The number of hydrogen-bond acceptors (Lipinski definition) is 4. The third-order valence-corrected chi connectivity index (χ3v) is 2.14. The third kappa shape index (κ3) is 3.52. The molecule has 7 heteroatoms. The van der Waals surface area contributed by atoms with Crippen molar-refractivity contribution in [2.75, 3.05) is 6.54 Å². The van der Waals surface area contributed by atoms with Gasteiger partial charge in [0.15, 0.2) is 0 Å². The molecule has 94 valence electrons. The minimum absolute atomic E-state index is 0.0969. The monoisotopic (exact) mass is 251 g/mol. The fourth-order valence-electron chi connectivity index (χ4n) is 1.20. The van der Waals surface area contributed by atoms with Crippen LogP contribution in [0.3, 0.4) is 0 Å². The number of rotatable bonds is 4. The zero-order valence-corrected chi connectivity index (χ0v) is 9.51. The second-order valence-electron chi connectivity index (χ2n) is 3.70. The van der Waals surface area contributed by atoms with Gasteiger partial charge in [-0.2, -0.15) is 5.26 Å². The van der Waals surface area contributed by atoms with Gasteiger partial charge in [0.25, 0.3) is 11.6 Å². The van der Waals surface area contributed by atoms with Gasteiger partial charge in [-0.3, -0.25) is 14.9 Å². The van der Waals surface area contributed by atoms with Crippen molar-refractivity contribution < 1.29 is 14.1 Å². The fourth-order valence-corrected chi connectivity index (χ4v) is 1.20. The van der Waals surface area contributed by atoms with Gasteiger partial charge in [-0.15, -0.1) is 0 Å². The van der Waals surface area contributed by atoms with Gasteiger partial charge in [0.1, 0.15) is 5.82 Å². The molecule has 1 rings (SSSR count). The molecule has 0 heterocycles. The first-order valence-corrected chi connectivity index (χ1v) is 5.07. The molecule has 0 saturated carbocycles. The van der Waals surface area contributed by atoms with Gasteiger partial charge in [-0.25, -0.2) is 4.39 Å². The van der Waals surface area contributed by atoms with E-state index in [0.717, 1.165) is 18.2 Å². The molecule has 0 aliphatic carbocycles. The number of carbonyl (C=O) groups is 1. The Morgan fingerprint density at radius 3 is 2.83 bits per heavy atom. The molecule has 0 aliphatic heterocycles. The largest absolute Gasteiger partial charge is 0.351 e. The van der Waals surface area contributed by atoms with Crippen molar-refractivity contribution in [3.63, 3.8) is 0 Å². The van der Waals surface area contributed by atoms with Crippen molar-refractivity contribution in [1.29, 1.82) is 5.26 Å². The number of amides is 1. The Hall–Kier alpha value is -2.49. The number of nitrogens with one attached hydrogen (secondary N) is 1. The molecule has 0 fully saturated rings. The first-order chi connectivity index (χ1) is 8.43. The molecular weight excluding hydrogens is 241 g/mol. The zero-order valence-electron chi connectivity index (χ0n) is 9.51. The maximum absolute atomic E-state index is 13.1. The molecule has 1 N–H and O–H groups in total. The second-order valence-corrected chi connectivity index (χ2v) is 3.70. The molecule has 0 bridgehead atoms. The van der Waals surface area contributed by atoms with E-state index in [1.165, 1.54) is 0 Å². The average molecular weight is 251 g/mol. The van der Waals surface area contributed by atoms with Crippen LogP contribution >= 0.6 is 0 Å². The molecule has 1 aromatic rings. The van der Waals surface area contributed by atoms with Gasteiger partial charge in [0.05, 0.1) is 23.0 Å². The van der Waals surface area contributed by atoms with E-state index in [4.69, 9.17) is 5.26 Å². The summed E-state index contributed by atoms with van der Waals surface area (Å²) >= 11 is 0. The molecule has 6 nitrogen and oxygen atoms in total. The number of benzene rings is 1. The highest BCUT2D eigenvalue weighted by molar-refractivity contribution is 5.94. The van der Waals surface area contributed by atoms with Gasteiger partial charge >= 0.3 is 0 Å². The molecule has 0 saturated heterocycles. The number of nitriles is 1. The summed E-state index contributed by atoms with van der Waals surface area (Å²) in [5.41, 5.74) is -0.639. The van der Waals surface area contributed by atoms with E-state index < -0.39 is 28.3 Å². The van der Waals surface area contributed by atoms with E-state index >= 15 is 0 Å². The maximum atomic E-state index is 13.1. The molecule has 1 amide bonds. The first-order valence-electron chi connectivity index (χ1n) is 5.07. The SMILES string of the molecule is CC(C#N)CNC(=O)c1cc(F)cc([N+](=O)[O-])c1. The summed E-state index contributed by atoms with van der Waals surface area (Å²) in [6.45, 7) is 1.70. The molecular formula is C11H10FN3O3.